The van der Waals surface area contributed by atoms with Crippen LogP contribution in [0.15, 0.2) is 106 Å². The summed E-state index contributed by atoms with van der Waals surface area (Å²) in [4.78, 5) is 19.9. The minimum Gasteiger partial charge on any atom is -0.493 e. The molecule has 7 rings (SSSR count). The van der Waals surface area contributed by atoms with Crippen LogP contribution in [-0.2, 0) is 13.0 Å². The number of rotatable bonds is 7. The van der Waals surface area contributed by atoms with Crippen molar-refractivity contribution < 1.29 is 14.2 Å². The van der Waals surface area contributed by atoms with Crippen LogP contribution in [0, 0.1) is 0 Å². The lowest BCUT2D eigenvalue weighted by Crippen LogP contribution is -2.38. The zero-order chi connectivity index (χ0) is 30.2. The summed E-state index contributed by atoms with van der Waals surface area (Å²) in [6.07, 6.45) is 3.63. The van der Waals surface area contributed by atoms with Crippen molar-refractivity contribution >= 4 is 34.7 Å². The van der Waals surface area contributed by atoms with Crippen molar-refractivity contribution in [2.45, 2.75) is 25.5 Å². The van der Waals surface area contributed by atoms with Crippen molar-refractivity contribution in [2.75, 3.05) is 14.2 Å². The van der Waals surface area contributed by atoms with E-state index in [0.717, 1.165) is 52.1 Å². The first-order valence-corrected chi connectivity index (χ1v) is 15.5. The molecule has 0 fully saturated rings. The Balaban J connectivity index is 1.30. The van der Waals surface area contributed by atoms with Crippen molar-refractivity contribution in [2.24, 2.45) is 4.99 Å². The van der Waals surface area contributed by atoms with Crippen molar-refractivity contribution in [1.29, 1.82) is 0 Å². The number of benzene rings is 4. The number of nitrogens with zero attached hydrogens (tertiary/aromatic N) is 2. The molecule has 5 aromatic rings. The van der Waals surface area contributed by atoms with Crippen LogP contribution in [0.5, 0.6) is 17.2 Å². The third-order valence-electron chi connectivity index (χ3n) is 8.13. The zero-order valence-electron chi connectivity index (χ0n) is 24.2. The highest BCUT2D eigenvalue weighted by Gasteiger charge is 2.33. The zero-order valence-corrected chi connectivity index (χ0v) is 25.8. The lowest BCUT2D eigenvalue weighted by atomic mass is 9.83. The van der Waals surface area contributed by atoms with E-state index in [2.05, 4.69) is 18.2 Å². The quantitative estimate of drug-likeness (QED) is 0.207. The fourth-order valence-corrected chi connectivity index (χ4v) is 7.12. The highest BCUT2D eigenvalue weighted by atomic mass is 35.5. The summed E-state index contributed by atoms with van der Waals surface area (Å²) in [7, 11) is 3.25. The average molecular weight is 621 g/mol. The number of allylic oxidation sites excluding steroid dienone is 1. The molecule has 1 aromatic heterocycles. The second kappa shape index (κ2) is 11.8. The molecule has 2 heterocycles. The van der Waals surface area contributed by atoms with Crippen molar-refractivity contribution in [3.8, 4) is 17.2 Å². The Bertz CT molecular complexity index is 2100. The van der Waals surface area contributed by atoms with Gasteiger partial charge in [-0.15, -0.1) is 0 Å². The van der Waals surface area contributed by atoms with Gasteiger partial charge in [-0.05, 0) is 71.5 Å². The molecule has 8 heteroatoms. The van der Waals surface area contributed by atoms with Gasteiger partial charge in [0.15, 0.2) is 16.3 Å². The minimum atomic E-state index is -0.308. The number of fused-ring (bicyclic) bond motifs is 3. The second-order valence-electron chi connectivity index (χ2n) is 10.7. The number of thiazole rings is 1. The van der Waals surface area contributed by atoms with Gasteiger partial charge in [-0.1, -0.05) is 83.6 Å². The average Bonchev–Trinajstić information content (AvgIpc) is 3.37. The number of aromatic nitrogens is 1. The summed E-state index contributed by atoms with van der Waals surface area (Å²) in [5, 5.41) is 0.677. The van der Waals surface area contributed by atoms with Crippen LogP contribution in [0.3, 0.4) is 0 Å². The van der Waals surface area contributed by atoms with Gasteiger partial charge in [0.25, 0.3) is 5.56 Å². The van der Waals surface area contributed by atoms with E-state index in [9.17, 15) is 4.79 Å². The summed E-state index contributed by atoms with van der Waals surface area (Å²) < 4.78 is 19.6. The third kappa shape index (κ3) is 5.12. The van der Waals surface area contributed by atoms with Gasteiger partial charge in [-0.25, -0.2) is 4.99 Å². The van der Waals surface area contributed by atoms with Crippen LogP contribution in [0.25, 0.3) is 11.8 Å². The topological polar surface area (TPSA) is 62.0 Å². The molecule has 0 saturated carbocycles. The number of halogens is 1. The second-order valence-corrected chi connectivity index (χ2v) is 12.1. The highest BCUT2D eigenvalue weighted by molar-refractivity contribution is 7.07. The molecular weight excluding hydrogens is 592 g/mol. The minimum absolute atomic E-state index is 0.0713. The van der Waals surface area contributed by atoms with Gasteiger partial charge in [0, 0.05) is 16.1 Å². The Hall–Kier alpha value is -4.59. The summed E-state index contributed by atoms with van der Waals surface area (Å²) in [5.41, 5.74) is 7.21. The lowest BCUT2D eigenvalue weighted by molar-refractivity contribution is 0.306. The Kier molecular flexibility index (Phi) is 7.58. The standard InChI is InChI=1S/C36H29ClN2O4S/c1-41-30-18-14-24(20-31(30)42-2)34-28-17-13-23-7-3-5-9-27(23)33(28)38-36-39(34)35(40)32(44-36)19-22-11-15-26(16-12-22)43-21-25-8-4-6-10-29(25)37/h3-12,14-16,18-20,34H,13,17,21H2,1-2H3/b32-19+/t34-/m0/s1. The Morgan fingerprint density at radius 2 is 1.70 bits per heavy atom. The predicted octanol–water partition coefficient (Wildman–Crippen LogP) is 6.57. The van der Waals surface area contributed by atoms with E-state index in [0.29, 0.717) is 32.5 Å². The number of hydrogen-bond acceptors (Lipinski definition) is 6. The van der Waals surface area contributed by atoms with Gasteiger partial charge >= 0.3 is 0 Å². The predicted molar refractivity (Wildman–Crippen MR) is 175 cm³/mol. The fourth-order valence-electron chi connectivity index (χ4n) is 5.93. The molecule has 0 spiro atoms. The summed E-state index contributed by atoms with van der Waals surface area (Å²) in [5.74, 6) is 1.99. The normalized spacial score (nSPS) is 15.6. The van der Waals surface area contributed by atoms with Gasteiger partial charge in [0.05, 0.1) is 30.5 Å². The largest absolute Gasteiger partial charge is 0.493 e. The molecule has 220 valence electrons. The summed E-state index contributed by atoms with van der Waals surface area (Å²) >= 11 is 7.68. The van der Waals surface area contributed by atoms with E-state index in [1.54, 1.807) is 14.2 Å². The molecule has 0 unspecified atom stereocenters. The van der Waals surface area contributed by atoms with Crippen LogP contribution < -0.4 is 29.1 Å². The van der Waals surface area contributed by atoms with Crippen LogP contribution >= 0.6 is 22.9 Å². The molecule has 0 saturated heterocycles. The molecule has 0 bridgehead atoms. The third-order valence-corrected chi connectivity index (χ3v) is 9.48. The first kappa shape index (κ1) is 28.2. The molecule has 1 atom stereocenters. The van der Waals surface area contributed by atoms with E-state index in [-0.39, 0.29) is 11.6 Å². The Labute approximate surface area is 263 Å². The molecule has 0 N–H and O–H groups in total. The lowest BCUT2D eigenvalue weighted by Gasteiger charge is -2.31. The maximum atomic E-state index is 14.1. The first-order chi connectivity index (χ1) is 21.5. The first-order valence-electron chi connectivity index (χ1n) is 14.4. The van der Waals surface area contributed by atoms with Gasteiger partial charge in [0.2, 0.25) is 0 Å². The summed E-state index contributed by atoms with van der Waals surface area (Å²) in [6.45, 7) is 0.377. The smallest absolute Gasteiger partial charge is 0.271 e. The molecule has 1 aliphatic heterocycles. The van der Waals surface area contributed by atoms with Crippen LogP contribution in [0.1, 0.15) is 40.3 Å². The molecule has 0 amide bonds. The van der Waals surface area contributed by atoms with E-state index < -0.39 is 0 Å². The fraction of sp³-hybridized carbons (Fsp3) is 0.167. The Morgan fingerprint density at radius 3 is 2.50 bits per heavy atom. The molecular formula is C36H29ClN2O4S. The molecule has 2 aliphatic rings. The number of aryl methyl sites for hydroxylation is 1. The van der Waals surface area contributed by atoms with Gasteiger partial charge < -0.3 is 14.2 Å². The van der Waals surface area contributed by atoms with Gasteiger partial charge in [-0.3, -0.25) is 9.36 Å². The Morgan fingerprint density at radius 1 is 0.932 bits per heavy atom. The number of methoxy groups -OCH3 is 2. The molecule has 1 aliphatic carbocycles. The van der Waals surface area contributed by atoms with Crippen molar-refractivity contribution in [1.82, 2.24) is 4.57 Å². The highest BCUT2D eigenvalue weighted by Crippen LogP contribution is 2.42. The maximum Gasteiger partial charge on any atom is 0.271 e. The number of ether oxygens (including phenoxy) is 3. The van der Waals surface area contributed by atoms with Crippen LogP contribution in [0.2, 0.25) is 5.02 Å². The van der Waals surface area contributed by atoms with Gasteiger partial charge in [-0.2, -0.15) is 0 Å². The SMILES string of the molecule is COc1ccc([C@H]2C3=C(N=c4s/c(=C/c5ccc(OCc6ccccc6Cl)cc5)c(=O)n42)c2ccccc2CC3)cc1OC. The van der Waals surface area contributed by atoms with E-state index in [1.807, 2.05) is 83.4 Å². The van der Waals surface area contributed by atoms with E-state index >= 15 is 0 Å². The van der Waals surface area contributed by atoms with E-state index in [4.69, 9.17) is 30.8 Å². The molecule has 44 heavy (non-hydrogen) atoms. The van der Waals surface area contributed by atoms with Crippen LogP contribution in [0.4, 0.5) is 0 Å². The number of hydrogen-bond donors (Lipinski definition) is 0. The van der Waals surface area contributed by atoms with Crippen LogP contribution in [-0.4, -0.2) is 18.8 Å². The summed E-state index contributed by atoms with van der Waals surface area (Å²) in [6, 6.07) is 29.3. The van der Waals surface area contributed by atoms with Crippen molar-refractivity contribution in [3.63, 3.8) is 0 Å². The maximum absolute atomic E-state index is 14.1. The molecule has 4 aromatic carbocycles. The van der Waals surface area contributed by atoms with Crippen molar-refractivity contribution in [3.05, 3.63) is 149 Å². The monoisotopic (exact) mass is 620 g/mol. The van der Waals surface area contributed by atoms with Gasteiger partial charge in [0.1, 0.15) is 12.4 Å². The molecule has 0 radical (unpaired) electrons. The van der Waals surface area contributed by atoms with E-state index in [1.165, 1.54) is 16.9 Å². The molecule has 6 nitrogen and oxygen atoms in total.